The van der Waals surface area contributed by atoms with E-state index < -0.39 is 0 Å². The second-order valence-corrected chi connectivity index (χ2v) is 5.29. The van der Waals surface area contributed by atoms with E-state index in [0.29, 0.717) is 35.2 Å². The number of nitrogens with one attached hydrogen (secondary N) is 1. The number of anilines is 1. The Hall–Kier alpha value is -3.03. The molecule has 2 rings (SSSR count). The Kier molecular flexibility index (Phi) is 5.99. The maximum absolute atomic E-state index is 12.7. The van der Waals surface area contributed by atoms with Crippen molar-refractivity contribution in [2.75, 3.05) is 32.6 Å². The number of carbonyl (C=O) groups is 2. The maximum atomic E-state index is 12.7. The van der Waals surface area contributed by atoms with Gasteiger partial charge in [-0.1, -0.05) is 5.16 Å². The highest BCUT2D eigenvalue weighted by molar-refractivity contribution is 5.99. The third kappa shape index (κ3) is 4.72. The molecule has 0 spiro atoms. The Bertz CT molecular complexity index is 734. The summed E-state index contributed by atoms with van der Waals surface area (Å²) >= 11 is 0. The second-order valence-electron chi connectivity index (χ2n) is 5.29. The smallest absolute Gasteiger partial charge is 0.254 e. The van der Waals surface area contributed by atoms with Crippen LogP contribution in [0.5, 0.6) is 11.5 Å². The van der Waals surface area contributed by atoms with Gasteiger partial charge in [0.1, 0.15) is 23.8 Å². The number of nitrogens with zero attached hydrogens (tertiary/aromatic N) is 2. The molecule has 1 aromatic carbocycles. The summed E-state index contributed by atoms with van der Waals surface area (Å²) in [7, 11) is 3.02. The molecule has 1 aromatic heterocycles. The zero-order valence-electron chi connectivity index (χ0n) is 14.7. The fourth-order valence-electron chi connectivity index (χ4n) is 2.22. The topological polar surface area (TPSA) is 93.9 Å². The third-order valence-corrected chi connectivity index (χ3v) is 3.50. The minimum Gasteiger partial charge on any atom is -0.497 e. The van der Waals surface area contributed by atoms with Crippen molar-refractivity contribution >= 4 is 17.6 Å². The van der Waals surface area contributed by atoms with E-state index >= 15 is 0 Å². The van der Waals surface area contributed by atoms with Crippen molar-refractivity contribution in [1.82, 2.24) is 10.1 Å². The van der Waals surface area contributed by atoms with Crippen LogP contribution in [0, 0.1) is 6.92 Å². The summed E-state index contributed by atoms with van der Waals surface area (Å²) in [6.07, 6.45) is 0. The van der Waals surface area contributed by atoms with E-state index in [1.165, 1.54) is 19.1 Å². The lowest BCUT2D eigenvalue weighted by Gasteiger charge is -2.20. The lowest BCUT2D eigenvalue weighted by atomic mass is 10.1. The lowest BCUT2D eigenvalue weighted by Crippen LogP contribution is -2.37. The molecule has 2 amide bonds. The molecule has 1 N–H and O–H groups in total. The quantitative estimate of drug-likeness (QED) is 0.824. The van der Waals surface area contributed by atoms with Crippen molar-refractivity contribution in [1.29, 1.82) is 0 Å². The number of hydrogen-bond acceptors (Lipinski definition) is 6. The van der Waals surface area contributed by atoms with Gasteiger partial charge >= 0.3 is 0 Å². The first-order chi connectivity index (χ1) is 12.0. The lowest BCUT2D eigenvalue weighted by molar-refractivity contribution is -0.116. The molecule has 0 fully saturated rings. The van der Waals surface area contributed by atoms with Crippen LogP contribution in [0.3, 0.4) is 0 Å². The molecular weight excluding hydrogens is 326 g/mol. The molecule has 0 unspecified atom stereocenters. The molecule has 8 heteroatoms. The van der Waals surface area contributed by atoms with Crippen LogP contribution in [0.4, 0.5) is 5.82 Å². The van der Waals surface area contributed by atoms with Crippen LogP contribution in [0.1, 0.15) is 23.0 Å². The predicted octanol–water partition coefficient (Wildman–Crippen LogP) is 2.10. The fourth-order valence-corrected chi connectivity index (χ4v) is 2.22. The van der Waals surface area contributed by atoms with Crippen molar-refractivity contribution in [3.05, 3.63) is 35.6 Å². The van der Waals surface area contributed by atoms with Gasteiger partial charge in [-0.2, -0.15) is 0 Å². The van der Waals surface area contributed by atoms with Gasteiger partial charge in [0.05, 0.1) is 14.2 Å². The van der Waals surface area contributed by atoms with Gasteiger partial charge in [0.15, 0.2) is 5.82 Å². The van der Waals surface area contributed by atoms with Gasteiger partial charge in [-0.05, 0) is 26.0 Å². The number of aromatic nitrogens is 1. The Balaban J connectivity index is 2.11. The first kappa shape index (κ1) is 18.3. The Morgan fingerprint density at radius 2 is 1.80 bits per heavy atom. The summed E-state index contributed by atoms with van der Waals surface area (Å²) < 4.78 is 15.2. The average Bonchev–Trinajstić information content (AvgIpc) is 3.03. The molecule has 0 aliphatic heterocycles. The zero-order chi connectivity index (χ0) is 18.4. The number of rotatable bonds is 7. The van der Waals surface area contributed by atoms with Crippen molar-refractivity contribution < 1.29 is 23.6 Å². The van der Waals surface area contributed by atoms with Crippen LogP contribution >= 0.6 is 0 Å². The molecule has 0 saturated carbocycles. The summed E-state index contributed by atoms with van der Waals surface area (Å²) in [5, 5.41) is 6.29. The van der Waals surface area contributed by atoms with E-state index in [1.807, 2.05) is 0 Å². The summed E-state index contributed by atoms with van der Waals surface area (Å²) in [5.74, 6) is 1.24. The largest absolute Gasteiger partial charge is 0.497 e. The normalized spacial score (nSPS) is 10.2. The van der Waals surface area contributed by atoms with Gasteiger partial charge in [-0.25, -0.2) is 0 Å². The number of aryl methyl sites for hydroxylation is 1. The van der Waals surface area contributed by atoms with Crippen LogP contribution in [-0.2, 0) is 4.79 Å². The van der Waals surface area contributed by atoms with Crippen LogP contribution in [0.15, 0.2) is 28.8 Å². The number of benzene rings is 1. The SMILES string of the molecule is CCN(CC(=O)Nc1cc(C)on1)C(=O)c1cc(OC)cc(OC)c1. The molecular formula is C17H21N3O5. The molecule has 2 aromatic rings. The van der Waals surface area contributed by atoms with Gasteiger partial charge in [0.25, 0.3) is 5.91 Å². The van der Waals surface area contributed by atoms with E-state index in [0.717, 1.165) is 0 Å². The highest BCUT2D eigenvalue weighted by atomic mass is 16.5. The van der Waals surface area contributed by atoms with Crippen molar-refractivity contribution in [2.45, 2.75) is 13.8 Å². The number of amides is 2. The van der Waals surface area contributed by atoms with Crippen LogP contribution < -0.4 is 14.8 Å². The summed E-state index contributed by atoms with van der Waals surface area (Å²) in [5.41, 5.74) is 0.378. The monoisotopic (exact) mass is 347 g/mol. The summed E-state index contributed by atoms with van der Waals surface area (Å²) in [4.78, 5) is 26.3. The average molecular weight is 347 g/mol. The van der Waals surface area contributed by atoms with Crippen LogP contribution in [0.25, 0.3) is 0 Å². The number of carbonyl (C=O) groups excluding carboxylic acids is 2. The Morgan fingerprint density at radius 3 is 2.28 bits per heavy atom. The first-order valence-electron chi connectivity index (χ1n) is 7.72. The Labute approximate surface area is 145 Å². The third-order valence-electron chi connectivity index (χ3n) is 3.50. The zero-order valence-corrected chi connectivity index (χ0v) is 14.7. The van der Waals surface area contributed by atoms with Crippen LogP contribution in [0.2, 0.25) is 0 Å². The van der Waals surface area contributed by atoms with E-state index in [1.54, 1.807) is 38.1 Å². The number of ether oxygens (including phenoxy) is 2. The van der Waals surface area contributed by atoms with Gasteiger partial charge in [0, 0.05) is 24.2 Å². The molecule has 0 radical (unpaired) electrons. The second kappa shape index (κ2) is 8.18. The minimum atomic E-state index is -0.363. The number of likely N-dealkylation sites (N-methyl/N-ethyl adjacent to an activating group) is 1. The number of hydrogen-bond donors (Lipinski definition) is 1. The van der Waals surface area contributed by atoms with Gasteiger partial charge in [-0.3, -0.25) is 9.59 Å². The Morgan fingerprint density at radius 1 is 1.16 bits per heavy atom. The molecule has 134 valence electrons. The predicted molar refractivity (Wildman–Crippen MR) is 91.0 cm³/mol. The van der Waals surface area contributed by atoms with Gasteiger partial charge < -0.3 is 24.2 Å². The molecule has 0 atom stereocenters. The van der Waals surface area contributed by atoms with E-state index in [4.69, 9.17) is 14.0 Å². The molecule has 0 aliphatic carbocycles. The minimum absolute atomic E-state index is 0.110. The van der Waals surface area contributed by atoms with Crippen molar-refractivity contribution in [3.8, 4) is 11.5 Å². The fraction of sp³-hybridized carbons (Fsp3) is 0.353. The molecule has 0 bridgehead atoms. The summed E-state index contributed by atoms with van der Waals surface area (Å²) in [6, 6.07) is 6.48. The van der Waals surface area contributed by atoms with Gasteiger partial charge in [-0.15, -0.1) is 0 Å². The molecule has 25 heavy (non-hydrogen) atoms. The van der Waals surface area contributed by atoms with Crippen LogP contribution in [-0.4, -0.2) is 49.2 Å². The number of methoxy groups -OCH3 is 2. The maximum Gasteiger partial charge on any atom is 0.254 e. The van der Waals surface area contributed by atoms with Gasteiger partial charge in [0.2, 0.25) is 5.91 Å². The molecule has 8 nitrogen and oxygen atoms in total. The molecule has 0 aliphatic rings. The molecule has 0 saturated heterocycles. The van der Waals surface area contributed by atoms with Crippen molar-refractivity contribution in [3.63, 3.8) is 0 Å². The molecule has 1 heterocycles. The van der Waals surface area contributed by atoms with Crippen molar-refractivity contribution in [2.24, 2.45) is 0 Å². The van der Waals surface area contributed by atoms with E-state index in [2.05, 4.69) is 10.5 Å². The highest BCUT2D eigenvalue weighted by Gasteiger charge is 2.19. The summed E-state index contributed by atoms with van der Waals surface area (Å²) in [6.45, 7) is 3.77. The standard InChI is InChI=1S/C17H21N3O5/c1-5-20(10-16(21)18-15-6-11(2)25-19-15)17(22)12-7-13(23-3)9-14(8-12)24-4/h6-9H,5,10H2,1-4H3,(H,18,19,21). The van der Waals surface area contributed by atoms with E-state index in [-0.39, 0.29) is 18.4 Å². The van der Waals surface area contributed by atoms with E-state index in [9.17, 15) is 9.59 Å². The first-order valence-corrected chi connectivity index (χ1v) is 7.72. The highest BCUT2D eigenvalue weighted by Crippen LogP contribution is 2.23.